The van der Waals surface area contributed by atoms with E-state index < -0.39 is 0 Å². The predicted octanol–water partition coefficient (Wildman–Crippen LogP) is 3.81. The summed E-state index contributed by atoms with van der Waals surface area (Å²) in [6.07, 6.45) is 0. The lowest BCUT2D eigenvalue weighted by Gasteiger charge is -1.97. The maximum Gasteiger partial charge on any atom is 0.313 e. The third kappa shape index (κ3) is 1.92. The van der Waals surface area contributed by atoms with Crippen LogP contribution in [0.5, 0.6) is 0 Å². The van der Waals surface area contributed by atoms with Gasteiger partial charge in [-0.1, -0.05) is 16.7 Å². The first-order valence-corrected chi connectivity index (χ1v) is 5.16. The summed E-state index contributed by atoms with van der Waals surface area (Å²) in [5, 5.41) is 7.87. The van der Waals surface area contributed by atoms with Gasteiger partial charge in [-0.05, 0) is 45.7 Å². The zero-order chi connectivity index (χ0) is 10.1. The Morgan fingerprint density at radius 1 is 1.21 bits per heavy atom. The van der Waals surface area contributed by atoms with E-state index in [1.165, 1.54) is 0 Å². The van der Waals surface area contributed by atoms with E-state index >= 15 is 0 Å². The van der Waals surface area contributed by atoms with Crippen molar-refractivity contribution in [3.05, 3.63) is 33.0 Å². The van der Waals surface area contributed by atoms with Crippen molar-refractivity contribution in [1.82, 2.24) is 10.2 Å². The Hall–Kier alpha value is -0.580. The van der Waals surface area contributed by atoms with Crippen molar-refractivity contribution in [2.24, 2.45) is 0 Å². The minimum atomic E-state index is 0.0130. The molecule has 0 amide bonds. The van der Waals surface area contributed by atoms with Gasteiger partial charge in [-0.15, -0.1) is 5.10 Å². The molecule has 3 nitrogen and oxygen atoms in total. The Morgan fingerprint density at radius 2 is 2.00 bits per heavy atom. The predicted molar refractivity (Wildman–Crippen MR) is 57.5 cm³/mol. The highest BCUT2D eigenvalue weighted by Gasteiger charge is 2.08. The number of halogens is 3. The largest absolute Gasteiger partial charge is 0.407 e. The molecule has 0 aliphatic rings. The lowest BCUT2D eigenvalue weighted by atomic mass is 10.2. The Labute approximate surface area is 98.2 Å². The fourth-order valence-electron chi connectivity index (χ4n) is 0.951. The standard InChI is InChI=1S/C8H3BrCl2N2O/c9-5-2-1-4(3-6(5)10)7-12-13-8(11)14-7/h1-3H. The van der Waals surface area contributed by atoms with E-state index in [9.17, 15) is 0 Å². The van der Waals surface area contributed by atoms with Crippen LogP contribution in [-0.2, 0) is 0 Å². The van der Waals surface area contributed by atoms with Gasteiger partial charge in [-0.3, -0.25) is 0 Å². The van der Waals surface area contributed by atoms with Crippen LogP contribution in [0.4, 0.5) is 0 Å². The van der Waals surface area contributed by atoms with Crippen LogP contribution in [0.3, 0.4) is 0 Å². The first kappa shape index (κ1) is 9.96. The SMILES string of the molecule is Clc1nnc(-c2ccc(Br)c(Cl)c2)o1. The van der Waals surface area contributed by atoms with Crippen molar-refractivity contribution >= 4 is 39.1 Å². The molecule has 0 N–H and O–H groups in total. The number of hydrogen-bond acceptors (Lipinski definition) is 3. The molecule has 0 aliphatic heterocycles. The molecular formula is C8H3BrCl2N2O. The summed E-state index contributed by atoms with van der Waals surface area (Å²) in [5.41, 5.74) is 0.734. The van der Waals surface area contributed by atoms with Gasteiger partial charge in [0.1, 0.15) is 0 Å². The van der Waals surface area contributed by atoms with Crippen molar-refractivity contribution in [2.45, 2.75) is 0 Å². The highest BCUT2D eigenvalue weighted by atomic mass is 79.9. The Balaban J connectivity index is 2.47. The van der Waals surface area contributed by atoms with Gasteiger partial charge in [0, 0.05) is 10.0 Å². The molecule has 1 aromatic heterocycles. The zero-order valence-corrected chi connectivity index (χ0v) is 9.77. The smallest absolute Gasteiger partial charge is 0.313 e. The summed E-state index contributed by atoms with van der Waals surface area (Å²) in [6.45, 7) is 0. The van der Waals surface area contributed by atoms with Crippen LogP contribution >= 0.6 is 39.1 Å². The topological polar surface area (TPSA) is 38.9 Å². The highest BCUT2D eigenvalue weighted by molar-refractivity contribution is 9.10. The van der Waals surface area contributed by atoms with Crippen LogP contribution in [0.1, 0.15) is 0 Å². The van der Waals surface area contributed by atoms with E-state index in [2.05, 4.69) is 26.1 Å². The highest BCUT2D eigenvalue weighted by Crippen LogP contribution is 2.28. The summed E-state index contributed by atoms with van der Waals surface area (Å²) in [4.78, 5) is 0. The van der Waals surface area contributed by atoms with Crippen LogP contribution in [0, 0.1) is 0 Å². The molecule has 0 aliphatic carbocycles. The van der Waals surface area contributed by atoms with Crippen molar-refractivity contribution in [1.29, 1.82) is 0 Å². The summed E-state index contributed by atoms with van der Waals surface area (Å²) < 4.78 is 5.85. The number of nitrogens with zero attached hydrogens (tertiary/aromatic N) is 2. The van der Waals surface area contributed by atoms with E-state index in [0.717, 1.165) is 10.0 Å². The Kier molecular flexibility index (Phi) is 2.76. The summed E-state index contributed by atoms with van der Waals surface area (Å²) >= 11 is 14.7. The lowest BCUT2D eigenvalue weighted by molar-refractivity contribution is 0.571. The molecule has 0 saturated carbocycles. The van der Waals surface area contributed by atoms with Gasteiger partial charge in [0.2, 0.25) is 5.89 Å². The van der Waals surface area contributed by atoms with Crippen LogP contribution < -0.4 is 0 Å². The third-order valence-corrected chi connectivity index (χ3v) is 2.95. The van der Waals surface area contributed by atoms with Gasteiger partial charge < -0.3 is 4.42 Å². The van der Waals surface area contributed by atoms with E-state index in [1.54, 1.807) is 18.2 Å². The molecule has 6 heteroatoms. The van der Waals surface area contributed by atoms with Crippen LogP contribution in [-0.4, -0.2) is 10.2 Å². The van der Waals surface area contributed by atoms with Gasteiger partial charge in [0.05, 0.1) is 5.02 Å². The number of hydrogen-bond donors (Lipinski definition) is 0. The molecule has 72 valence electrons. The summed E-state index contributed by atoms with van der Waals surface area (Å²) in [6, 6.07) is 5.32. The molecule has 0 saturated heterocycles. The first-order chi connectivity index (χ1) is 6.66. The molecule has 14 heavy (non-hydrogen) atoms. The molecule has 0 spiro atoms. The molecule has 0 bridgehead atoms. The molecule has 0 unspecified atom stereocenters. The Bertz CT molecular complexity index is 472. The van der Waals surface area contributed by atoms with E-state index in [1.807, 2.05) is 0 Å². The second-order valence-corrected chi connectivity index (χ2v) is 4.07. The van der Waals surface area contributed by atoms with Gasteiger partial charge in [0.15, 0.2) is 0 Å². The molecule has 1 heterocycles. The Morgan fingerprint density at radius 3 is 2.57 bits per heavy atom. The van der Waals surface area contributed by atoms with Gasteiger partial charge in [0.25, 0.3) is 0 Å². The summed E-state index contributed by atoms with van der Waals surface area (Å²) in [7, 11) is 0. The maximum atomic E-state index is 5.90. The third-order valence-electron chi connectivity index (χ3n) is 1.57. The van der Waals surface area contributed by atoms with E-state index in [4.69, 9.17) is 27.6 Å². The van der Waals surface area contributed by atoms with Crippen LogP contribution in [0.15, 0.2) is 27.1 Å². The van der Waals surface area contributed by atoms with Crippen LogP contribution in [0.25, 0.3) is 11.5 Å². The molecule has 2 rings (SSSR count). The molecule has 0 atom stereocenters. The molecule has 0 fully saturated rings. The fraction of sp³-hybridized carbons (Fsp3) is 0. The molecule has 1 aromatic carbocycles. The monoisotopic (exact) mass is 292 g/mol. The number of aromatic nitrogens is 2. The number of benzene rings is 1. The zero-order valence-electron chi connectivity index (χ0n) is 6.67. The van der Waals surface area contributed by atoms with Crippen molar-refractivity contribution in [3.63, 3.8) is 0 Å². The molecule has 2 aromatic rings. The lowest BCUT2D eigenvalue weighted by Crippen LogP contribution is -1.78. The summed E-state index contributed by atoms with van der Waals surface area (Å²) in [5.74, 6) is 0.351. The maximum absolute atomic E-state index is 5.90. The fourth-order valence-corrected chi connectivity index (χ4v) is 1.49. The van der Waals surface area contributed by atoms with Gasteiger partial charge in [-0.2, -0.15) is 0 Å². The second-order valence-electron chi connectivity index (χ2n) is 2.49. The average molecular weight is 294 g/mol. The van der Waals surface area contributed by atoms with Crippen LogP contribution in [0.2, 0.25) is 10.4 Å². The van der Waals surface area contributed by atoms with Gasteiger partial charge >= 0.3 is 5.35 Å². The van der Waals surface area contributed by atoms with E-state index in [-0.39, 0.29) is 5.35 Å². The average Bonchev–Trinajstić information content (AvgIpc) is 2.57. The van der Waals surface area contributed by atoms with Gasteiger partial charge in [-0.25, -0.2) is 0 Å². The number of rotatable bonds is 1. The quantitative estimate of drug-likeness (QED) is 0.802. The minimum Gasteiger partial charge on any atom is -0.407 e. The molecule has 0 radical (unpaired) electrons. The van der Waals surface area contributed by atoms with Crippen molar-refractivity contribution < 1.29 is 4.42 Å². The second kappa shape index (κ2) is 3.88. The normalized spacial score (nSPS) is 10.5. The van der Waals surface area contributed by atoms with E-state index in [0.29, 0.717) is 10.9 Å². The minimum absolute atomic E-state index is 0.0130. The first-order valence-electron chi connectivity index (χ1n) is 3.61. The van der Waals surface area contributed by atoms with Crippen molar-refractivity contribution in [3.8, 4) is 11.5 Å². The molecular weight excluding hydrogens is 291 g/mol. The van der Waals surface area contributed by atoms with Crippen molar-refractivity contribution in [2.75, 3.05) is 0 Å².